The minimum absolute atomic E-state index is 0.158. The lowest BCUT2D eigenvalue weighted by atomic mass is 10.0. The smallest absolute Gasteiger partial charge is 0.255 e. The molecule has 2 aliphatic rings. The highest BCUT2D eigenvalue weighted by Gasteiger charge is 2.41. The van der Waals surface area contributed by atoms with E-state index < -0.39 is 0 Å². The molecule has 0 bridgehead atoms. The minimum Gasteiger partial charge on any atom is -0.338 e. The summed E-state index contributed by atoms with van der Waals surface area (Å²) in [5, 5.41) is 0. The molecule has 2 fully saturated rings. The van der Waals surface area contributed by atoms with Crippen molar-refractivity contribution in [3.05, 3.63) is 29.1 Å². The van der Waals surface area contributed by atoms with Crippen molar-refractivity contribution in [1.82, 2.24) is 14.8 Å². The van der Waals surface area contributed by atoms with Gasteiger partial charge in [-0.25, -0.2) is 0 Å². The number of fused-ring (bicyclic) bond motifs is 1. The lowest BCUT2D eigenvalue weighted by Crippen LogP contribution is -2.34. The minimum atomic E-state index is 0.158. The number of pyridine rings is 1. The van der Waals surface area contributed by atoms with Crippen molar-refractivity contribution in [3.8, 4) is 0 Å². The summed E-state index contributed by atoms with van der Waals surface area (Å²) < 4.78 is 0. The Kier molecular flexibility index (Phi) is 4.45. The number of hydrogen-bond donors (Lipinski definition) is 1. The standard InChI is InChI=1S/C17H26N4O/c1-12-4-6-19-13(2)16(12)17(22)21-10-14-8-20(7-3-5-18)9-15(14)11-21/h4,6,14-15H,3,5,7-11,18H2,1-2H3. The van der Waals surface area contributed by atoms with E-state index in [4.69, 9.17) is 5.73 Å². The molecule has 2 atom stereocenters. The number of aryl methyl sites for hydroxylation is 2. The molecule has 2 saturated heterocycles. The normalized spacial score (nSPS) is 24.8. The van der Waals surface area contributed by atoms with Crippen LogP contribution >= 0.6 is 0 Å². The number of amides is 1. The van der Waals surface area contributed by atoms with E-state index in [1.807, 2.05) is 24.8 Å². The van der Waals surface area contributed by atoms with Gasteiger partial charge in [0.1, 0.15) is 0 Å². The molecule has 1 aromatic rings. The van der Waals surface area contributed by atoms with E-state index in [2.05, 4.69) is 9.88 Å². The molecule has 0 aromatic carbocycles. The highest BCUT2D eigenvalue weighted by molar-refractivity contribution is 5.96. The molecule has 2 unspecified atom stereocenters. The molecular weight excluding hydrogens is 276 g/mol. The lowest BCUT2D eigenvalue weighted by molar-refractivity contribution is 0.0772. The number of carbonyl (C=O) groups is 1. The summed E-state index contributed by atoms with van der Waals surface area (Å²) >= 11 is 0. The zero-order chi connectivity index (χ0) is 15.7. The Morgan fingerprint density at radius 3 is 2.55 bits per heavy atom. The quantitative estimate of drug-likeness (QED) is 0.903. The predicted molar refractivity (Wildman–Crippen MR) is 86.7 cm³/mol. The summed E-state index contributed by atoms with van der Waals surface area (Å²) in [5.41, 5.74) is 8.25. The number of likely N-dealkylation sites (tertiary alicyclic amines) is 2. The predicted octanol–water partition coefficient (Wildman–Crippen LogP) is 1.05. The van der Waals surface area contributed by atoms with Crippen LogP contribution in [0.3, 0.4) is 0 Å². The maximum Gasteiger partial charge on any atom is 0.255 e. The topological polar surface area (TPSA) is 62.5 Å². The maximum absolute atomic E-state index is 12.8. The van der Waals surface area contributed by atoms with Gasteiger partial charge in [0.15, 0.2) is 0 Å². The van der Waals surface area contributed by atoms with E-state index in [0.29, 0.717) is 11.8 Å². The average molecular weight is 302 g/mol. The SMILES string of the molecule is Cc1ccnc(C)c1C(=O)N1CC2CN(CCCN)CC2C1. The van der Waals surface area contributed by atoms with Crippen LogP contribution in [0, 0.1) is 25.7 Å². The van der Waals surface area contributed by atoms with Crippen molar-refractivity contribution < 1.29 is 4.79 Å². The third-order valence-corrected chi connectivity index (χ3v) is 5.09. The zero-order valence-electron chi connectivity index (χ0n) is 13.6. The summed E-state index contributed by atoms with van der Waals surface area (Å²) in [7, 11) is 0. The number of carbonyl (C=O) groups excluding carboxylic acids is 1. The molecule has 0 saturated carbocycles. The summed E-state index contributed by atoms with van der Waals surface area (Å²) in [6.07, 6.45) is 2.84. The fraction of sp³-hybridized carbons (Fsp3) is 0.647. The van der Waals surface area contributed by atoms with Crippen molar-refractivity contribution in [1.29, 1.82) is 0 Å². The van der Waals surface area contributed by atoms with Crippen molar-refractivity contribution >= 4 is 5.91 Å². The van der Waals surface area contributed by atoms with Gasteiger partial charge in [-0.2, -0.15) is 0 Å². The number of aromatic nitrogens is 1. The van der Waals surface area contributed by atoms with Crippen molar-refractivity contribution in [3.63, 3.8) is 0 Å². The maximum atomic E-state index is 12.8. The van der Waals surface area contributed by atoms with Crippen LogP contribution in [0.2, 0.25) is 0 Å². The molecule has 1 amide bonds. The van der Waals surface area contributed by atoms with E-state index in [1.165, 1.54) is 0 Å². The summed E-state index contributed by atoms with van der Waals surface area (Å²) in [5.74, 6) is 1.41. The first-order valence-corrected chi connectivity index (χ1v) is 8.24. The first kappa shape index (κ1) is 15.4. The van der Waals surface area contributed by atoms with Gasteiger partial charge in [-0.15, -0.1) is 0 Å². The van der Waals surface area contributed by atoms with Gasteiger partial charge in [0.2, 0.25) is 0 Å². The van der Waals surface area contributed by atoms with Gasteiger partial charge >= 0.3 is 0 Å². The first-order valence-electron chi connectivity index (χ1n) is 8.24. The van der Waals surface area contributed by atoms with Crippen LogP contribution in [0.1, 0.15) is 28.0 Å². The molecule has 5 nitrogen and oxygen atoms in total. The second-order valence-electron chi connectivity index (χ2n) is 6.72. The molecule has 1 aromatic heterocycles. The van der Waals surface area contributed by atoms with E-state index in [-0.39, 0.29) is 5.91 Å². The van der Waals surface area contributed by atoms with E-state index >= 15 is 0 Å². The van der Waals surface area contributed by atoms with Crippen LogP contribution in [0.25, 0.3) is 0 Å². The Morgan fingerprint density at radius 2 is 1.95 bits per heavy atom. The Morgan fingerprint density at radius 1 is 1.27 bits per heavy atom. The van der Waals surface area contributed by atoms with E-state index in [1.54, 1.807) is 6.20 Å². The van der Waals surface area contributed by atoms with Crippen molar-refractivity contribution in [2.75, 3.05) is 39.3 Å². The molecule has 2 N–H and O–H groups in total. The van der Waals surface area contributed by atoms with Gasteiger partial charge in [0.05, 0.1) is 11.3 Å². The van der Waals surface area contributed by atoms with E-state index in [9.17, 15) is 4.79 Å². The monoisotopic (exact) mass is 302 g/mol. The molecule has 2 aliphatic heterocycles. The molecule has 120 valence electrons. The van der Waals surface area contributed by atoms with Gasteiger partial charge in [0, 0.05) is 32.4 Å². The average Bonchev–Trinajstić information content (AvgIpc) is 3.02. The van der Waals surface area contributed by atoms with Crippen LogP contribution in [-0.2, 0) is 0 Å². The summed E-state index contributed by atoms with van der Waals surface area (Å²) in [6, 6.07) is 1.92. The highest BCUT2D eigenvalue weighted by atomic mass is 16.2. The van der Waals surface area contributed by atoms with Crippen LogP contribution in [-0.4, -0.2) is 60.0 Å². The molecule has 5 heteroatoms. The lowest BCUT2D eigenvalue weighted by Gasteiger charge is -2.22. The molecule has 22 heavy (non-hydrogen) atoms. The van der Waals surface area contributed by atoms with E-state index in [0.717, 1.165) is 62.5 Å². The van der Waals surface area contributed by atoms with Crippen LogP contribution in [0.5, 0.6) is 0 Å². The van der Waals surface area contributed by atoms with Gasteiger partial charge in [-0.05, 0) is 56.8 Å². The second kappa shape index (κ2) is 6.34. The first-order chi connectivity index (χ1) is 10.6. The molecule has 3 heterocycles. The summed E-state index contributed by atoms with van der Waals surface area (Å²) in [4.78, 5) is 21.7. The fourth-order valence-electron chi connectivity index (χ4n) is 3.93. The number of nitrogens with zero attached hydrogens (tertiary/aromatic N) is 3. The molecule has 0 aliphatic carbocycles. The van der Waals surface area contributed by atoms with Gasteiger partial charge in [-0.1, -0.05) is 0 Å². The molecular formula is C17H26N4O. The Hall–Kier alpha value is -1.46. The largest absolute Gasteiger partial charge is 0.338 e. The molecule has 3 rings (SSSR count). The number of nitrogens with two attached hydrogens (primary N) is 1. The van der Waals surface area contributed by atoms with Gasteiger partial charge in [0.25, 0.3) is 5.91 Å². The Bertz CT molecular complexity index is 525. The van der Waals surface area contributed by atoms with Crippen LogP contribution in [0.15, 0.2) is 12.3 Å². The third-order valence-electron chi connectivity index (χ3n) is 5.09. The van der Waals surface area contributed by atoms with Gasteiger partial charge < -0.3 is 15.5 Å². The Balaban J connectivity index is 1.64. The Labute approximate surface area is 132 Å². The van der Waals surface area contributed by atoms with Crippen LogP contribution < -0.4 is 5.73 Å². The number of rotatable bonds is 4. The summed E-state index contributed by atoms with van der Waals surface area (Å²) in [6.45, 7) is 9.76. The van der Waals surface area contributed by atoms with Crippen molar-refractivity contribution in [2.24, 2.45) is 17.6 Å². The zero-order valence-corrected chi connectivity index (χ0v) is 13.6. The van der Waals surface area contributed by atoms with Crippen molar-refractivity contribution in [2.45, 2.75) is 20.3 Å². The molecule has 0 spiro atoms. The second-order valence-corrected chi connectivity index (χ2v) is 6.72. The molecule has 0 radical (unpaired) electrons. The van der Waals surface area contributed by atoms with Crippen LogP contribution in [0.4, 0.5) is 0 Å². The fourth-order valence-corrected chi connectivity index (χ4v) is 3.93. The third kappa shape index (κ3) is 2.88. The number of hydrogen-bond acceptors (Lipinski definition) is 4. The highest BCUT2D eigenvalue weighted by Crippen LogP contribution is 2.32. The van der Waals surface area contributed by atoms with Gasteiger partial charge in [-0.3, -0.25) is 9.78 Å².